The molecule has 2 rings (SSSR count). The third kappa shape index (κ3) is 1.08. The van der Waals surface area contributed by atoms with Gasteiger partial charge in [0.05, 0.1) is 10.7 Å². The van der Waals surface area contributed by atoms with E-state index < -0.39 is 0 Å². The summed E-state index contributed by atoms with van der Waals surface area (Å²) in [5.41, 5.74) is 0.894. The Morgan fingerprint density at radius 3 is 3.08 bits per heavy atom. The Bertz CT molecular complexity index is 316. The van der Waals surface area contributed by atoms with Gasteiger partial charge in [-0.3, -0.25) is 4.79 Å². The second-order valence-corrected chi connectivity index (χ2v) is 3.77. The average molecular weight is 181 g/mol. The number of hydrogen-bond acceptors (Lipinski definition) is 2. The molecule has 2 heterocycles. The van der Waals surface area contributed by atoms with E-state index in [0.717, 1.165) is 25.1 Å². The van der Waals surface area contributed by atoms with Crippen LogP contribution in [-0.4, -0.2) is 16.6 Å². The van der Waals surface area contributed by atoms with Crippen molar-refractivity contribution in [1.29, 1.82) is 0 Å². The molecular formula is C9H11NOS. The first-order valence-corrected chi connectivity index (χ1v) is 5.32. The number of rotatable bonds is 1. The Labute approximate surface area is 76.0 Å². The summed E-state index contributed by atoms with van der Waals surface area (Å²) in [4.78, 5) is 11.4. The third-order valence-electron chi connectivity index (χ3n) is 2.22. The van der Waals surface area contributed by atoms with Crippen LogP contribution >= 0.6 is 11.8 Å². The fraction of sp³-hybridized carbons (Fsp3) is 0.444. The van der Waals surface area contributed by atoms with Gasteiger partial charge < -0.3 is 4.57 Å². The van der Waals surface area contributed by atoms with Gasteiger partial charge in [-0.05, 0) is 24.8 Å². The van der Waals surface area contributed by atoms with Crippen LogP contribution < -0.4 is 0 Å². The minimum Gasteiger partial charge on any atom is -0.333 e. The number of Topliss-reactive ketones (excluding diaryl/α,β-unsaturated/α-hetero) is 1. The van der Waals surface area contributed by atoms with Crippen molar-refractivity contribution in [1.82, 2.24) is 4.57 Å². The molecule has 0 bridgehead atoms. The first-order valence-electron chi connectivity index (χ1n) is 4.09. The Hall–Kier alpha value is -0.700. The number of nitrogens with zero attached hydrogens (tertiary/aromatic N) is 1. The first-order chi connectivity index (χ1) is 5.83. The maximum absolute atomic E-state index is 11.4. The molecule has 0 atom stereocenters. The molecule has 0 amide bonds. The number of aromatic nitrogens is 1. The smallest absolute Gasteiger partial charge is 0.179 e. The lowest BCUT2D eigenvalue weighted by molar-refractivity contribution is 0.0953. The highest BCUT2D eigenvalue weighted by Crippen LogP contribution is 2.24. The Morgan fingerprint density at radius 2 is 2.33 bits per heavy atom. The van der Waals surface area contributed by atoms with E-state index in [1.165, 1.54) is 5.03 Å². The maximum Gasteiger partial charge on any atom is 0.179 e. The zero-order chi connectivity index (χ0) is 8.55. The molecule has 0 saturated carbocycles. The summed E-state index contributed by atoms with van der Waals surface area (Å²) in [5, 5.41) is 1.21. The highest BCUT2D eigenvalue weighted by atomic mass is 32.2. The molecule has 0 unspecified atom stereocenters. The molecule has 64 valence electrons. The molecule has 1 aromatic rings. The molecule has 0 saturated heterocycles. The van der Waals surface area contributed by atoms with Crippen molar-refractivity contribution < 1.29 is 4.79 Å². The van der Waals surface area contributed by atoms with Gasteiger partial charge in [-0.25, -0.2) is 0 Å². The molecule has 1 aliphatic heterocycles. The molecule has 0 spiro atoms. The lowest BCUT2D eigenvalue weighted by atomic mass is 10.1. The number of fused-ring (bicyclic) bond motifs is 1. The zero-order valence-electron chi connectivity index (χ0n) is 7.04. The standard InChI is InChI=1S/C9H11NOS/c1-12-9-5-4-7-8(11)3-2-6-10(7)9/h4-5H,2-3,6H2,1H3. The maximum atomic E-state index is 11.4. The fourth-order valence-corrected chi connectivity index (χ4v) is 2.24. The molecule has 0 aromatic carbocycles. The summed E-state index contributed by atoms with van der Waals surface area (Å²) in [6.45, 7) is 1.00. The van der Waals surface area contributed by atoms with Gasteiger partial charge in [-0.15, -0.1) is 11.8 Å². The van der Waals surface area contributed by atoms with Crippen LogP contribution in [0.1, 0.15) is 23.3 Å². The predicted octanol–water partition coefficient (Wildman–Crippen LogP) is 2.19. The van der Waals surface area contributed by atoms with Gasteiger partial charge in [0, 0.05) is 13.0 Å². The molecule has 0 aliphatic carbocycles. The highest BCUT2D eigenvalue weighted by molar-refractivity contribution is 7.98. The average Bonchev–Trinajstić information content (AvgIpc) is 2.49. The molecule has 12 heavy (non-hydrogen) atoms. The van der Waals surface area contributed by atoms with Gasteiger partial charge in [0.2, 0.25) is 0 Å². The summed E-state index contributed by atoms with van der Waals surface area (Å²) < 4.78 is 2.12. The SMILES string of the molecule is CSc1ccc2n1CCCC2=O. The van der Waals surface area contributed by atoms with Crippen molar-refractivity contribution in [3.8, 4) is 0 Å². The largest absolute Gasteiger partial charge is 0.333 e. The van der Waals surface area contributed by atoms with Crippen LogP contribution in [-0.2, 0) is 6.54 Å². The minimum absolute atomic E-state index is 0.293. The molecule has 3 heteroatoms. The Balaban J connectivity index is 2.48. The summed E-state index contributed by atoms with van der Waals surface area (Å²) in [7, 11) is 0. The van der Waals surface area contributed by atoms with E-state index in [4.69, 9.17) is 0 Å². The van der Waals surface area contributed by atoms with Gasteiger partial charge in [0.15, 0.2) is 5.78 Å². The normalized spacial score (nSPS) is 16.2. The van der Waals surface area contributed by atoms with E-state index in [9.17, 15) is 4.79 Å². The van der Waals surface area contributed by atoms with Crippen molar-refractivity contribution in [3.05, 3.63) is 17.8 Å². The minimum atomic E-state index is 0.293. The fourth-order valence-electron chi connectivity index (χ4n) is 1.63. The van der Waals surface area contributed by atoms with E-state index >= 15 is 0 Å². The van der Waals surface area contributed by atoms with Crippen LogP contribution in [0.4, 0.5) is 0 Å². The quantitative estimate of drug-likeness (QED) is 0.619. The zero-order valence-corrected chi connectivity index (χ0v) is 7.86. The predicted molar refractivity (Wildman–Crippen MR) is 49.8 cm³/mol. The molecule has 0 radical (unpaired) electrons. The highest BCUT2D eigenvalue weighted by Gasteiger charge is 2.18. The topological polar surface area (TPSA) is 22.0 Å². The lowest BCUT2D eigenvalue weighted by Crippen LogP contribution is -2.16. The van der Waals surface area contributed by atoms with Gasteiger partial charge in [-0.1, -0.05) is 0 Å². The van der Waals surface area contributed by atoms with Gasteiger partial charge >= 0.3 is 0 Å². The molecule has 0 N–H and O–H groups in total. The summed E-state index contributed by atoms with van der Waals surface area (Å²) in [6, 6.07) is 3.97. The van der Waals surface area contributed by atoms with E-state index in [-0.39, 0.29) is 0 Å². The van der Waals surface area contributed by atoms with E-state index in [1.807, 2.05) is 18.4 Å². The molecular weight excluding hydrogens is 170 g/mol. The molecule has 2 nitrogen and oxygen atoms in total. The van der Waals surface area contributed by atoms with Crippen LogP contribution in [0, 0.1) is 0 Å². The van der Waals surface area contributed by atoms with E-state index in [0.29, 0.717) is 5.78 Å². The van der Waals surface area contributed by atoms with Crippen LogP contribution in [0.2, 0.25) is 0 Å². The molecule has 1 aromatic heterocycles. The Kier molecular flexibility index (Phi) is 1.97. The van der Waals surface area contributed by atoms with Crippen molar-refractivity contribution >= 4 is 17.5 Å². The first kappa shape index (κ1) is 7.92. The number of ketones is 1. The second-order valence-electron chi connectivity index (χ2n) is 2.94. The number of carbonyl (C=O) groups is 1. The van der Waals surface area contributed by atoms with Crippen LogP contribution in [0.3, 0.4) is 0 Å². The second kappa shape index (κ2) is 2.98. The summed E-state index contributed by atoms with van der Waals surface area (Å²) in [5.74, 6) is 0.293. The third-order valence-corrected chi connectivity index (χ3v) is 3.00. The van der Waals surface area contributed by atoms with E-state index in [1.54, 1.807) is 11.8 Å². The number of carbonyl (C=O) groups excluding carboxylic acids is 1. The van der Waals surface area contributed by atoms with Crippen LogP contribution in [0.25, 0.3) is 0 Å². The van der Waals surface area contributed by atoms with Crippen LogP contribution in [0.5, 0.6) is 0 Å². The van der Waals surface area contributed by atoms with Crippen molar-refractivity contribution in [3.63, 3.8) is 0 Å². The molecule has 1 aliphatic rings. The monoisotopic (exact) mass is 181 g/mol. The van der Waals surface area contributed by atoms with Crippen molar-refractivity contribution in [2.24, 2.45) is 0 Å². The lowest BCUT2D eigenvalue weighted by Gasteiger charge is -2.15. The van der Waals surface area contributed by atoms with Crippen molar-refractivity contribution in [2.45, 2.75) is 24.4 Å². The van der Waals surface area contributed by atoms with E-state index in [2.05, 4.69) is 4.57 Å². The van der Waals surface area contributed by atoms with Gasteiger partial charge in [0.1, 0.15) is 0 Å². The number of hydrogen-bond donors (Lipinski definition) is 0. The van der Waals surface area contributed by atoms with Gasteiger partial charge in [0.25, 0.3) is 0 Å². The molecule has 0 fully saturated rings. The van der Waals surface area contributed by atoms with Crippen LogP contribution in [0.15, 0.2) is 17.2 Å². The number of thioether (sulfide) groups is 1. The summed E-state index contributed by atoms with van der Waals surface area (Å²) >= 11 is 1.70. The van der Waals surface area contributed by atoms with Crippen molar-refractivity contribution in [2.75, 3.05) is 6.26 Å². The van der Waals surface area contributed by atoms with Gasteiger partial charge in [-0.2, -0.15) is 0 Å². The Morgan fingerprint density at radius 1 is 1.50 bits per heavy atom. The summed E-state index contributed by atoms with van der Waals surface area (Å²) in [6.07, 6.45) is 3.76.